The van der Waals surface area contributed by atoms with Gasteiger partial charge in [-0.25, -0.2) is 0 Å². The van der Waals surface area contributed by atoms with Crippen LogP contribution in [0.3, 0.4) is 0 Å². The number of aromatic nitrogens is 1. The second-order valence-electron chi connectivity index (χ2n) is 12.2. The van der Waals surface area contributed by atoms with Gasteiger partial charge in [-0.1, -0.05) is 94.4 Å². The van der Waals surface area contributed by atoms with Crippen molar-refractivity contribution in [1.82, 2.24) is 4.40 Å². The number of fused-ring (bicyclic) bond motifs is 13. The normalized spacial score (nSPS) is 16.5. The van der Waals surface area contributed by atoms with E-state index in [2.05, 4.69) is 123 Å². The highest BCUT2D eigenvalue weighted by atomic mass is 14.9. The molecule has 0 amide bonds. The van der Waals surface area contributed by atoms with E-state index in [1.165, 1.54) is 82.6 Å². The first-order valence-electron chi connectivity index (χ1n) is 13.4. The average molecular weight is 474 g/mol. The monoisotopic (exact) mass is 473 g/mol. The standard InChI is InChI=1S/C36H27N/c1-35(2)27-14-8-5-11-20(27)23-19-31-24(18-29(23)35)26-17-25-21-12-6-9-15-28(21)36(3,4)33(25)32-22-13-7-10-16-30(22)37(31)34(26)32/h5-19H,1-4H3. The maximum atomic E-state index is 2.56. The first-order chi connectivity index (χ1) is 17.9. The lowest BCUT2D eigenvalue weighted by atomic mass is 9.80. The van der Waals surface area contributed by atoms with Gasteiger partial charge in [0.1, 0.15) is 0 Å². The lowest BCUT2D eigenvalue weighted by Gasteiger charge is -2.22. The Bertz CT molecular complexity index is 2130. The molecule has 9 rings (SSSR count). The maximum Gasteiger partial charge on any atom is 0.0624 e. The van der Waals surface area contributed by atoms with Crippen LogP contribution in [0.15, 0.2) is 91.0 Å². The summed E-state index contributed by atoms with van der Waals surface area (Å²) in [6.45, 7) is 9.57. The average Bonchev–Trinajstić information content (AvgIpc) is 3.56. The van der Waals surface area contributed by atoms with E-state index in [0.717, 1.165) is 0 Å². The van der Waals surface area contributed by atoms with Gasteiger partial charge in [-0.3, -0.25) is 0 Å². The molecule has 176 valence electrons. The van der Waals surface area contributed by atoms with Crippen LogP contribution in [0.4, 0.5) is 0 Å². The Hall–Kier alpha value is -4.10. The molecule has 37 heavy (non-hydrogen) atoms. The fraction of sp³-hybridized carbons (Fsp3) is 0.167. The molecule has 0 bridgehead atoms. The minimum Gasteiger partial charge on any atom is -0.308 e. The molecule has 1 nitrogen and oxygen atoms in total. The highest BCUT2D eigenvalue weighted by molar-refractivity contribution is 6.27. The SMILES string of the molecule is CC1(C)c2ccccc2-c2cc3c(cc21)c1cc2c(c4c5ccccc5n3c14)C(C)(C)c1ccccc1-2. The molecule has 2 heterocycles. The molecule has 0 atom stereocenters. The first kappa shape index (κ1) is 20.0. The van der Waals surface area contributed by atoms with E-state index in [0.29, 0.717) is 0 Å². The Kier molecular flexibility index (Phi) is 3.28. The second kappa shape index (κ2) is 6.06. The molecule has 0 unspecified atom stereocenters. The quantitative estimate of drug-likeness (QED) is 0.207. The number of hydrogen-bond donors (Lipinski definition) is 0. The largest absolute Gasteiger partial charge is 0.308 e. The van der Waals surface area contributed by atoms with Crippen molar-refractivity contribution in [2.24, 2.45) is 0 Å². The maximum absolute atomic E-state index is 2.56. The van der Waals surface area contributed by atoms with E-state index < -0.39 is 0 Å². The van der Waals surface area contributed by atoms with Gasteiger partial charge in [-0.15, -0.1) is 0 Å². The van der Waals surface area contributed by atoms with Crippen LogP contribution in [-0.4, -0.2) is 4.40 Å². The van der Waals surface area contributed by atoms with Gasteiger partial charge in [0, 0.05) is 32.4 Å². The van der Waals surface area contributed by atoms with E-state index in [1.54, 1.807) is 0 Å². The summed E-state index contributed by atoms with van der Waals surface area (Å²) in [5, 5.41) is 5.54. The number of benzene rings is 5. The lowest BCUT2D eigenvalue weighted by molar-refractivity contribution is 0.661. The third kappa shape index (κ3) is 2.09. The van der Waals surface area contributed by atoms with Crippen LogP contribution < -0.4 is 0 Å². The molecule has 0 spiro atoms. The predicted octanol–water partition coefficient (Wildman–Crippen LogP) is 9.45. The first-order valence-corrected chi connectivity index (χ1v) is 13.4. The molecule has 2 aliphatic rings. The summed E-state index contributed by atoms with van der Waals surface area (Å²) in [4.78, 5) is 0. The Labute approximate surface area is 216 Å². The highest BCUT2D eigenvalue weighted by Crippen LogP contribution is 2.56. The van der Waals surface area contributed by atoms with Gasteiger partial charge in [0.05, 0.1) is 16.6 Å². The van der Waals surface area contributed by atoms with Crippen molar-refractivity contribution in [2.75, 3.05) is 0 Å². The van der Waals surface area contributed by atoms with Crippen LogP contribution in [0.1, 0.15) is 49.9 Å². The van der Waals surface area contributed by atoms with Crippen LogP contribution in [-0.2, 0) is 10.8 Å². The van der Waals surface area contributed by atoms with Gasteiger partial charge in [0.2, 0.25) is 0 Å². The van der Waals surface area contributed by atoms with Gasteiger partial charge in [0.25, 0.3) is 0 Å². The van der Waals surface area contributed by atoms with Crippen LogP contribution in [0.25, 0.3) is 60.3 Å². The van der Waals surface area contributed by atoms with Crippen LogP contribution in [0.5, 0.6) is 0 Å². The van der Waals surface area contributed by atoms with Gasteiger partial charge >= 0.3 is 0 Å². The van der Waals surface area contributed by atoms with Crippen molar-refractivity contribution in [3.05, 3.63) is 113 Å². The van der Waals surface area contributed by atoms with Gasteiger partial charge in [-0.05, 0) is 68.8 Å². The molecule has 2 aliphatic carbocycles. The molecule has 0 fully saturated rings. The van der Waals surface area contributed by atoms with Crippen LogP contribution >= 0.6 is 0 Å². The van der Waals surface area contributed by atoms with Crippen molar-refractivity contribution in [3.8, 4) is 22.3 Å². The Morgan fingerprint density at radius 2 is 1.14 bits per heavy atom. The molecular weight excluding hydrogens is 446 g/mol. The third-order valence-electron chi connectivity index (χ3n) is 9.68. The number of para-hydroxylation sites is 1. The molecule has 0 saturated heterocycles. The summed E-state index contributed by atoms with van der Waals surface area (Å²) >= 11 is 0. The Morgan fingerprint density at radius 3 is 1.92 bits per heavy atom. The van der Waals surface area contributed by atoms with Crippen molar-refractivity contribution < 1.29 is 0 Å². The molecule has 7 aromatic rings. The van der Waals surface area contributed by atoms with E-state index in [4.69, 9.17) is 0 Å². The summed E-state index contributed by atoms with van der Waals surface area (Å²) in [7, 11) is 0. The summed E-state index contributed by atoms with van der Waals surface area (Å²) in [6.07, 6.45) is 0. The van der Waals surface area contributed by atoms with E-state index in [1.807, 2.05) is 0 Å². The van der Waals surface area contributed by atoms with Gasteiger partial charge in [-0.2, -0.15) is 0 Å². The molecule has 5 aromatic carbocycles. The van der Waals surface area contributed by atoms with Crippen molar-refractivity contribution in [1.29, 1.82) is 0 Å². The predicted molar refractivity (Wildman–Crippen MR) is 156 cm³/mol. The third-order valence-corrected chi connectivity index (χ3v) is 9.68. The summed E-state index contributed by atoms with van der Waals surface area (Å²) < 4.78 is 2.56. The zero-order valence-electron chi connectivity index (χ0n) is 21.6. The van der Waals surface area contributed by atoms with Crippen molar-refractivity contribution in [3.63, 3.8) is 0 Å². The minimum absolute atomic E-state index is 0.00921. The fourth-order valence-corrected chi connectivity index (χ4v) is 8.02. The summed E-state index contributed by atoms with van der Waals surface area (Å²) in [5.74, 6) is 0. The smallest absolute Gasteiger partial charge is 0.0624 e. The van der Waals surface area contributed by atoms with Crippen molar-refractivity contribution in [2.45, 2.75) is 38.5 Å². The molecule has 0 aliphatic heterocycles. The Balaban J connectivity index is 1.54. The van der Waals surface area contributed by atoms with E-state index in [-0.39, 0.29) is 10.8 Å². The van der Waals surface area contributed by atoms with Gasteiger partial charge in [0.15, 0.2) is 0 Å². The second-order valence-corrected chi connectivity index (χ2v) is 12.2. The number of rotatable bonds is 0. The fourth-order valence-electron chi connectivity index (χ4n) is 8.02. The summed E-state index contributed by atoms with van der Waals surface area (Å²) in [5.41, 5.74) is 15.3. The minimum atomic E-state index is -0.0448. The van der Waals surface area contributed by atoms with Gasteiger partial charge < -0.3 is 4.40 Å². The zero-order chi connectivity index (χ0) is 24.8. The number of nitrogens with zero attached hydrogens (tertiary/aromatic N) is 1. The Morgan fingerprint density at radius 1 is 0.486 bits per heavy atom. The summed E-state index contributed by atoms with van der Waals surface area (Å²) in [6, 6.07) is 34.5. The molecule has 0 radical (unpaired) electrons. The number of hydrogen-bond acceptors (Lipinski definition) is 0. The van der Waals surface area contributed by atoms with E-state index in [9.17, 15) is 0 Å². The lowest BCUT2D eigenvalue weighted by Crippen LogP contribution is -2.15. The van der Waals surface area contributed by atoms with Crippen LogP contribution in [0.2, 0.25) is 0 Å². The molecule has 0 saturated carbocycles. The topological polar surface area (TPSA) is 4.41 Å². The molecule has 1 heteroatoms. The molecule has 2 aromatic heterocycles. The zero-order valence-corrected chi connectivity index (χ0v) is 21.6. The van der Waals surface area contributed by atoms with E-state index >= 15 is 0 Å². The van der Waals surface area contributed by atoms with Crippen LogP contribution in [0, 0.1) is 0 Å². The van der Waals surface area contributed by atoms with Crippen molar-refractivity contribution >= 4 is 38.1 Å². The highest BCUT2D eigenvalue weighted by Gasteiger charge is 2.40. The molecule has 0 N–H and O–H groups in total. The molecular formula is C36H27N.